The molecule has 0 radical (unpaired) electrons. The van der Waals surface area contributed by atoms with Gasteiger partial charge in [0.1, 0.15) is 0 Å². The molecule has 1 amide bonds. The van der Waals surface area contributed by atoms with Gasteiger partial charge in [0.15, 0.2) is 0 Å². The van der Waals surface area contributed by atoms with E-state index in [0.29, 0.717) is 5.56 Å². The summed E-state index contributed by atoms with van der Waals surface area (Å²) in [4.78, 5) is 16.9. The Hall–Kier alpha value is -1.35. The summed E-state index contributed by atoms with van der Waals surface area (Å²) in [6.07, 6.45) is 4.71. The SMILES string of the molecule is O=C(NOC1CCCC1)c1ccccc1. The minimum Gasteiger partial charge on any atom is -0.270 e. The van der Waals surface area contributed by atoms with E-state index in [4.69, 9.17) is 4.84 Å². The highest BCUT2D eigenvalue weighted by Crippen LogP contribution is 2.19. The van der Waals surface area contributed by atoms with E-state index in [1.165, 1.54) is 12.8 Å². The lowest BCUT2D eigenvalue weighted by Crippen LogP contribution is -2.28. The molecule has 0 aromatic heterocycles. The van der Waals surface area contributed by atoms with Crippen LogP contribution in [0.2, 0.25) is 0 Å². The quantitative estimate of drug-likeness (QED) is 0.769. The highest BCUT2D eigenvalue weighted by atomic mass is 16.7. The van der Waals surface area contributed by atoms with Crippen LogP contribution < -0.4 is 5.48 Å². The summed E-state index contributed by atoms with van der Waals surface area (Å²) in [7, 11) is 0. The Morgan fingerprint density at radius 2 is 1.87 bits per heavy atom. The van der Waals surface area contributed by atoms with Crippen LogP contribution in [0.4, 0.5) is 0 Å². The van der Waals surface area contributed by atoms with Gasteiger partial charge in [-0.15, -0.1) is 0 Å². The van der Waals surface area contributed by atoms with Crippen LogP contribution >= 0.6 is 0 Å². The second-order valence-electron chi connectivity index (χ2n) is 3.82. The van der Waals surface area contributed by atoms with Gasteiger partial charge in [0.25, 0.3) is 5.91 Å². The molecule has 0 saturated heterocycles. The van der Waals surface area contributed by atoms with Crippen molar-refractivity contribution in [2.45, 2.75) is 31.8 Å². The molecule has 0 unspecified atom stereocenters. The molecule has 1 aromatic carbocycles. The van der Waals surface area contributed by atoms with Gasteiger partial charge in [0.2, 0.25) is 0 Å². The lowest BCUT2D eigenvalue weighted by molar-refractivity contribution is -0.0124. The summed E-state index contributed by atoms with van der Waals surface area (Å²) in [5, 5.41) is 0. The molecule has 1 N–H and O–H groups in total. The largest absolute Gasteiger partial charge is 0.274 e. The van der Waals surface area contributed by atoms with Gasteiger partial charge in [0, 0.05) is 5.56 Å². The van der Waals surface area contributed by atoms with E-state index in [9.17, 15) is 4.79 Å². The van der Waals surface area contributed by atoms with Crippen molar-refractivity contribution < 1.29 is 9.63 Å². The predicted octanol–water partition coefficient (Wildman–Crippen LogP) is 2.29. The monoisotopic (exact) mass is 205 g/mol. The first kappa shape index (κ1) is 10.2. The molecule has 1 saturated carbocycles. The van der Waals surface area contributed by atoms with E-state index in [0.717, 1.165) is 12.8 Å². The lowest BCUT2D eigenvalue weighted by atomic mass is 10.2. The normalized spacial score (nSPS) is 16.5. The van der Waals surface area contributed by atoms with Crippen LogP contribution in [0.1, 0.15) is 36.0 Å². The average Bonchev–Trinajstić information content (AvgIpc) is 2.80. The molecule has 1 aliphatic carbocycles. The third-order valence-corrected chi connectivity index (χ3v) is 2.66. The first-order chi connectivity index (χ1) is 7.36. The number of hydroxylamine groups is 1. The maximum atomic E-state index is 11.6. The van der Waals surface area contributed by atoms with Gasteiger partial charge in [-0.3, -0.25) is 9.63 Å². The fraction of sp³-hybridized carbons (Fsp3) is 0.417. The summed E-state index contributed by atoms with van der Waals surface area (Å²) in [6, 6.07) is 9.10. The van der Waals surface area contributed by atoms with Crippen molar-refractivity contribution in [1.82, 2.24) is 5.48 Å². The zero-order valence-electron chi connectivity index (χ0n) is 8.61. The molecule has 80 valence electrons. The van der Waals surface area contributed by atoms with Crippen molar-refractivity contribution in [2.75, 3.05) is 0 Å². The average molecular weight is 205 g/mol. The third-order valence-electron chi connectivity index (χ3n) is 2.66. The van der Waals surface area contributed by atoms with E-state index >= 15 is 0 Å². The van der Waals surface area contributed by atoms with Crippen LogP contribution in [0.5, 0.6) is 0 Å². The van der Waals surface area contributed by atoms with Crippen LogP contribution in [0.15, 0.2) is 30.3 Å². The molecule has 0 heterocycles. The number of benzene rings is 1. The molecule has 1 aliphatic rings. The Balaban J connectivity index is 1.82. The molecule has 1 aromatic rings. The Labute approximate surface area is 89.4 Å². The molecule has 0 bridgehead atoms. The van der Waals surface area contributed by atoms with E-state index in [1.54, 1.807) is 12.1 Å². The van der Waals surface area contributed by atoms with E-state index < -0.39 is 0 Å². The number of carbonyl (C=O) groups excluding carboxylic acids is 1. The highest BCUT2D eigenvalue weighted by Gasteiger charge is 2.16. The Kier molecular flexibility index (Phi) is 3.35. The van der Waals surface area contributed by atoms with Crippen LogP contribution in [0.3, 0.4) is 0 Å². The van der Waals surface area contributed by atoms with Gasteiger partial charge in [-0.25, -0.2) is 5.48 Å². The first-order valence-electron chi connectivity index (χ1n) is 5.37. The van der Waals surface area contributed by atoms with Gasteiger partial charge in [0.05, 0.1) is 6.10 Å². The summed E-state index contributed by atoms with van der Waals surface area (Å²) in [5.74, 6) is -0.164. The lowest BCUT2D eigenvalue weighted by Gasteiger charge is -2.10. The van der Waals surface area contributed by atoms with Crippen molar-refractivity contribution in [1.29, 1.82) is 0 Å². The van der Waals surface area contributed by atoms with Crippen molar-refractivity contribution in [3.63, 3.8) is 0 Å². The number of hydrogen-bond donors (Lipinski definition) is 1. The molecular weight excluding hydrogens is 190 g/mol. The summed E-state index contributed by atoms with van der Waals surface area (Å²) < 4.78 is 0. The van der Waals surface area contributed by atoms with Gasteiger partial charge < -0.3 is 0 Å². The van der Waals surface area contributed by atoms with Gasteiger partial charge >= 0.3 is 0 Å². The predicted molar refractivity (Wildman–Crippen MR) is 57.2 cm³/mol. The number of carbonyl (C=O) groups is 1. The highest BCUT2D eigenvalue weighted by molar-refractivity contribution is 5.93. The molecule has 0 atom stereocenters. The van der Waals surface area contributed by atoms with Crippen LogP contribution in [-0.4, -0.2) is 12.0 Å². The zero-order valence-corrected chi connectivity index (χ0v) is 8.61. The molecule has 3 heteroatoms. The summed E-state index contributed by atoms with van der Waals surface area (Å²) in [5.41, 5.74) is 3.14. The molecular formula is C12H15NO2. The summed E-state index contributed by atoms with van der Waals surface area (Å²) >= 11 is 0. The second kappa shape index (κ2) is 4.94. The third kappa shape index (κ3) is 2.80. The van der Waals surface area contributed by atoms with Crippen LogP contribution in [0.25, 0.3) is 0 Å². The molecule has 0 aliphatic heterocycles. The zero-order chi connectivity index (χ0) is 10.5. The molecule has 0 spiro atoms. The standard InChI is InChI=1S/C12H15NO2/c14-12(10-6-2-1-3-7-10)13-15-11-8-4-5-9-11/h1-3,6-7,11H,4-5,8-9H2,(H,13,14). The van der Waals surface area contributed by atoms with Crippen molar-refractivity contribution >= 4 is 5.91 Å². The minimum absolute atomic E-state index is 0.164. The van der Waals surface area contributed by atoms with Gasteiger partial charge in [-0.05, 0) is 25.0 Å². The Morgan fingerprint density at radius 3 is 2.53 bits per heavy atom. The van der Waals surface area contributed by atoms with Crippen molar-refractivity contribution in [3.8, 4) is 0 Å². The van der Waals surface area contributed by atoms with Crippen molar-refractivity contribution in [3.05, 3.63) is 35.9 Å². The molecule has 3 nitrogen and oxygen atoms in total. The molecule has 2 rings (SSSR count). The van der Waals surface area contributed by atoms with Crippen LogP contribution in [0, 0.1) is 0 Å². The topological polar surface area (TPSA) is 38.3 Å². The molecule has 1 fully saturated rings. The van der Waals surface area contributed by atoms with Crippen LogP contribution in [-0.2, 0) is 4.84 Å². The second-order valence-corrected chi connectivity index (χ2v) is 3.82. The number of nitrogens with one attached hydrogen (secondary N) is 1. The Bertz CT molecular complexity index is 318. The maximum absolute atomic E-state index is 11.6. The van der Waals surface area contributed by atoms with Gasteiger partial charge in [-0.2, -0.15) is 0 Å². The van der Waals surface area contributed by atoms with Gasteiger partial charge in [-0.1, -0.05) is 31.0 Å². The fourth-order valence-corrected chi connectivity index (χ4v) is 1.79. The number of rotatable bonds is 3. The minimum atomic E-state index is -0.164. The number of hydrogen-bond acceptors (Lipinski definition) is 2. The maximum Gasteiger partial charge on any atom is 0.274 e. The van der Waals surface area contributed by atoms with E-state index in [1.807, 2.05) is 18.2 Å². The summed E-state index contributed by atoms with van der Waals surface area (Å²) in [6.45, 7) is 0. The Morgan fingerprint density at radius 1 is 1.20 bits per heavy atom. The fourth-order valence-electron chi connectivity index (χ4n) is 1.79. The smallest absolute Gasteiger partial charge is 0.270 e. The first-order valence-corrected chi connectivity index (χ1v) is 5.37. The van der Waals surface area contributed by atoms with E-state index in [-0.39, 0.29) is 12.0 Å². The molecule has 15 heavy (non-hydrogen) atoms. The van der Waals surface area contributed by atoms with E-state index in [2.05, 4.69) is 5.48 Å². The number of amides is 1. The van der Waals surface area contributed by atoms with Crippen molar-refractivity contribution in [2.24, 2.45) is 0 Å².